The lowest BCUT2D eigenvalue weighted by molar-refractivity contribution is -0.143. The zero-order valence-electron chi connectivity index (χ0n) is 10.3. The van der Waals surface area contributed by atoms with E-state index in [1.807, 2.05) is 0 Å². The van der Waals surface area contributed by atoms with Crippen LogP contribution in [-0.2, 0) is 9.59 Å². The van der Waals surface area contributed by atoms with Gasteiger partial charge in [-0.2, -0.15) is 12.6 Å². The normalized spacial score (nSPS) is 21.8. The van der Waals surface area contributed by atoms with Crippen LogP contribution in [0.15, 0.2) is 0 Å². The van der Waals surface area contributed by atoms with Crippen LogP contribution in [0.25, 0.3) is 0 Å². The Morgan fingerprint density at radius 3 is 2.35 bits per heavy atom. The second kappa shape index (κ2) is 5.73. The van der Waals surface area contributed by atoms with Crippen molar-refractivity contribution in [2.75, 3.05) is 19.6 Å². The Hall–Kier alpha value is -0.750. The van der Waals surface area contributed by atoms with Gasteiger partial charge < -0.3 is 15.3 Å². The summed E-state index contributed by atoms with van der Waals surface area (Å²) in [5, 5.41) is 11.7. The summed E-state index contributed by atoms with van der Waals surface area (Å²) < 4.78 is -0.650. The van der Waals surface area contributed by atoms with Crippen molar-refractivity contribution in [2.45, 2.75) is 37.5 Å². The van der Waals surface area contributed by atoms with Gasteiger partial charge in [0.1, 0.15) is 6.04 Å². The second-order valence-electron chi connectivity index (χ2n) is 4.51. The molecular formula is C11H20N2O3S. The van der Waals surface area contributed by atoms with Gasteiger partial charge in [-0.05, 0) is 32.5 Å². The Labute approximate surface area is 107 Å². The fourth-order valence-corrected chi connectivity index (χ4v) is 2.55. The molecule has 1 amide bonds. The summed E-state index contributed by atoms with van der Waals surface area (Å²) in [4.78, 5) is 24.5. The molecule has 1 atom stereocenters. The molecule has 0 spiro atoms. The number of hydrogen-bond acceptors (Lipinski definition) is 4. The zero-order chi connectivity index (χ0) is 13.1. The van der Waals surface area contributed by atoms with Gasteiger partial charge in [-0.25, -0.2) is 4.79 Å². The summed E-state index contributed by atoms with van der Waals surface area (Å²) in [5.41, 5.74) is 0. The van der Waals surface area contributed by atoms with E-state index < -0.39 is 16.8 Å². The number of carboxylic acid groups (broad SMARTS) is 1. The molecule has 0 aromatic heterocycles. The molecule has 98 valence electrons. The maximum absolute atomic E-state index is 11.2. The van der Waals surface area contributed by atoms with Crippen molar-refractivity contribution in [3.63, 3.8) is 0 Å². The number of nitrogens with zero attached hydrogens (tertiary/aromatic N) is 1. The number of piperidine rings is 1. The number of amides is 1. The SMILES string of the molecule is CCN1CCC(S)(C(NC(C)=O)C(=O)O)CC1. The molecule has 1 rings (SSSR count). The Balaban J connectivity index is 2.73. The monoisotopic (exact) mass is 260 g/mol. The van der Waals surface area contributed by atoms with Gasteiger partial charge in [0.25, 0.3) is 0 Å². The van der Waals surface area contributed by atoms with Gasteiger partial charge in [-0.1, -0.05) is 6.92 Å². The van der Waals surface area contributed by atoms with Crippen molar-refractivity contribution in [3.8, 4) is 0 Å². The number of carbonyl (C=O) groups excluding carboxylic acids is 1. The number of carboxylic acids is 1. The summed E-state index contributed by atoms with van der Waals surface area (Å²) in [5.74, 6) is -1.34. The minimum atomic E-state index is -1.01. The van der Waals surface area contributed by atoms with Crippen molar-refractivity contribution < 1.29 is 14.7 Å². The van der Waals surface area contributed by atoms with E-state index >= 15 is 0 Å². The first-order chi connectivity index (χ1) is 7.89. The molecule has 1 unspecified atom stereocenters. The van der Waals surface area contributed by atoms with Crippen molar-refractivity contribution in [1.29, 1.82) is 0 Å². The molecule has 0 aliphatic carbocycles. The van der Waals surface area contributed by atoms with Crippen LogP contribution in [0.4, 0.5) is 0 Å². The smallest absolute Gasteiger partial charge is 0.327 e. The first kappa shape index (κ1) is 14.3. The molecule has 0 saturated carbocycles. The molecule has 1 saturated heterocycles. The molecular weight excluding hydrogens is 240 g/mol. The van der Waals surface area contributed by atoms with Crippen LogP contribution in [0.1, 0.15) is 26.7 Å². The molecule has 5 nitrogen and oxygen atoms in total. The van der Waals surface area contributed by atoms with Gasteiger partial charge in [-0.15, -0.1) is 0 Å². The standard InChI is InChI=1S/C11H20N2O3S/c1-3-13-6-4-11(17,5-7-13)9(10(15)16)12-8(2)14/h9,17H,3-7H2,1-2H3,(H,12,14)(H,15,16). The lowest BCUT2D eigenvalue weighted by Crippen LogP contribution is -2.57. The van der Waals surface area contributed by atoms with Crippen LogP contribution >= 0.6 is 12.6 Å². The highest BCUT2D eigenvalue weighted by Crippen LogP contribution is 2.32. The van der Waals surface area contributed by atoms with Crippen molar-refractivity contribution >= 4 is 24.5 Å². The molecule has 0 bridgehead atoms. The lowest BCUT2D eigenvalue weighted by atomic mass is 9.88. The molecule has 0 aromatic carbocycles. The molecule has 1 aliphatic heterocycles. The molecule has 1 fully saturated rings. The van der Waals surface area contributed by atoms with Crippen molar-refractivity contribution in [3.05, 3.63) is 0 Å². The van der Waals surface area contributed by atoms with E-state index in [0.29, 0.717) is 12.8 Å². The number of rotatable bonds is 4. The predicted molar refractivity (Wildman–Crippen MR) is 68.3 cm³/mol. The van der Waals surface area contributed by atoms with E-state index in [1.54, 1.807) is 0 Å². The summed E-state index contributed by atoms with van der Waals surface area (Å²) in [6.07, 6.45) is 1.34. The number of hydrogen-bond donors (Lipinski definition) is 3. The summed E-state index contributed by atoms with van der Waals surface area (Å²) in [6, 6.07) is -0.915. The van der Waals surface area contributed by atoms with Gasteiger partial charge in [0.2, 0.25) is 5.91 Å². The van der Waals surface area contributed by atoms with Crippen LogP contribution in [0.5, 0.6) is 0 Å². The quantitative estimate of drug-likeness (QED) is 0.638. The fraction of sp³-hybridized carbons (Fsp3) is 0.818. The highest BCUT2D eigenvalue weighted by molar-refractivity contribution is 7.82. The molecule has 17 heavy (non-hydrogen) atoms. The third-order valence-corrected chi connectivity index (χ3v) is 4.01. The maximum Gasteiger partial charge on any atom is 0.327 e. The molecule has 1 heterocycles. The van der Waals surface area contributed by atoms with E-state index in [9.17, 15) is 14.7 Å². The first-order valence-electron chi connectivity index (χ1n) is 5.83. The number of carbonyl (C=O) groups is 2. The topological polar surface area (TPSA) is 69.6 Å². The van der Waals surface area contributed by atoms with Gasteiger partial charge in [0.15, 0.2) is 0 Å². The average Bonchev–Trinajstić information content (AvgIpc) is 2.26. The maximum atomic E-state index is 11.2. The highest BCUT2D eigenvalue weighted by Gasteiger charge is 2.42. The number of thiol groups is 1. The van der Waals surface area contributed by atoms with Gasteiger partial charge in [0.05, 0.1) is 0 Å². The first-order valence-corrected chi connectivity index (χ1v) is 6.28. The Morgan fingerprint density at radius 1 is 1.47 bits per heavy atom. The highest BCUT2D eigenvalue weighted by atomic mass is 32.1. The third kappa shape index (κ3) is 3.61. The molecule has 2 N–H and O–H groups in total. The zero-order valence-corrected chi connectivity index (χ0v) is 11.2. The number of aliphatic carboxylic acids is 1. The van der Waals surface area contributed by atoms with Crippen molar-refractivity contribution in [2.24, 2.45) is 0 Å². The van der Waals surface area contributed by atoms with Crippen LogP contribution in [0.2, 0.25) is 0 Å². The molecule has 1 aliphatic rings. The van der Waals surface area contributed by atoms with Crippen LogP contribution in [0, 0.1) is 0 Å². The lowest BCUT2D eigenvalue weighted by Gasteiger charge is -2.41. The largest absolute Gasteiger partial charge is 0.480 e. The summed E-state index contributed by atoms with van der Waals surface area (Å²) >= 11 is 4.52. The van der Waals surface area contributed by atoms with Crippen LogP contribution < -0.4 is 5.32 Å². The van der Waals surface area contributed by atoms with E-state index in [-0.39, 0.29) is 5.91 Å². The molecule has 0 aromatic rings. The Kier molecular flexibility index (Phi) is 4.82. The van der Waals surface area contributed by atoms with E-state index in [1.165, 1.54) is 6.92 Å². The van der Waals surface area contributed by atoms with E-state index in [2.05, 4.69) is 29.8 Å². The Bertz CT molecular complexity index is 301. The molecule has 6 heteroatoms. The van der Waals surface area contributed by atoms with Gasteiger partial charge in [-0.3, -0.25) is 4.79 Å². The predicted octanol–water partition coefficient (Wildman–Crippen LogP) is 0.360. The van der Waals surface area contributed by atoms with Crippen molar-refractivity contribution in [1.82, 2.24) is 10.2 Å². The minimum absolute atomic E-state index is 0.330. The number of nitrogens with one attached hydrogen (secondary N) is 1. The Morgan fingerprint density at radius 2 is 2.00 bits per heavy atom. The van der Waals surface area contributed by atoms with Gasteiger partial charge >= 0.3 is 5.97 Å². The fourth-order valence-electron chi connectivity index (χ4n) is 2.17. The summed E-state index contributed by atoms with van der Waals surface area (Å²) in [7, 11) is 0. The average molecular weight is 260 g/mol. The minimum Gasteiger partial charge on any atom is -0.480 e. The second-order valence-corrected chi connectivity index (χ2v) is 5.40. The van der Waals surface area contributed by atoms with E-state index in [0.717, 1.165) is 19.6 Å². The summed E-state index contributed by atoms with van der Waals surface area (Å²) in [6.45, 7) is 6.01. The third-order valence-electron chi connectivity index (χ3n) is 3.30. The molecule has 0 radical (unpaired) electrons. The van der Waals surface area contributed by atoms with Crippen LogP contribution in [-0.4, -0.2) is 52.3 Å². The van der Waals surface area contributed by atoms with E-state index in [4.69, 9.17) is 0 Å². The van der Waals surface area contributed by atoms with Gasteiger partial charge in [0, 0.05) is 11.7 Å². The van der Waals surface area contributed by atoms with Crippen LogP contribution in [0.3, 0.4) is 0 Å². The number of likely N-dealkylation sites (tertiary alicyclic amines) is 1.